The Labute approximate surface area is 143 Å². The molecule has 1 amide bonds. The minimum atomic E-state index is -0.954. The van der Waals surface area contributed by atoms with Crippen LogP contribution in [0.25, 0.3) is 0 Å². The highest BCUT2D eigenvalue weighted by molar-refractivity contribution is 5.91. The summed E-state index contributed by atoms with van der Waals surface area (Å²) in [6.45, 7) is -0.365. The molecule has 0 radical (unpaired) electrons. The van der Waals surface area contributed by atoms with Crippen molar-refractivity contribution < 1.29 is 27.8 Å². The molecule has 0 aliphatic rings. The van der Waals surface area contributed by atoms with Gasteiger partial charge in [-0.2, -0.15) is 0 Å². The van der Waals surface area contributed by atoms with Crippen LogP contribution in [0.3, 0.4) is 0 Å². The lowest BCUT2D eigenvalue weighted by atomic mass is 10.1. The summed E-state index contributed by atoms with van der Waals surface area (Å²) in [5.41, 5.74) is 0.181. The number of benzene rings is 2. The average Bonchev–Trinajstić information content (AvgIpc) is 2.61. The van der Waals surface area contributed by atoms with Gasteiger partial charge in [-0.1, -0.05) is 18.2 Å². The van der Waals surface area contributed by atoms with E-state index in [2.05, 4.69) is 5.32 Å². The number of hydrogen-bond acceptors (Lipinski definition) is 4. The van der Waals surface area contributed by atoms with Crippen LogP contribution in [0.5, 0.6) is 5.75 Å². The molecule has 0 atom stereocenters. The van der Waals surface area contributed by atoms with Crippen molar-refractivity contribution >= 4 is 11.9 Å². The van der Waals surface area contributed by atoms with E-state index in [0.29, 0.717) is 12.0 Å². The van der Waals surface area contributed by atoms with Crippen molar-refractivity contribution in [3.8, 4) is 5.75 Å². The number of halogens is 2. The minimum Gasteiger partial charge on any atom is -0.497 e. The van der Waals surface area contributed by atoms with Crippen LogP contribution in [0.4, 0.5) is 8.78 Å². The van der Waals surface area contributed by atoms with Crippen LogP contribution >= 0.6 is 0 Å². The highest BCUT2D eigenvalue weighted by Gasteiger charge is 2.15. The van der Waals surface area contributed by atoms with Crippen LogP contribution in [0.1, 0.15) is 15.9 Å². The topological polar surface area (TPSA) is 64.6 Å². The highest BCUT2D eigenvalue weighted by atomic mass is 19.1. The molecule has 2 rings (SSSR count). The number of rotatable bonds is 7. The Kier molecular flexibility index (Phi) is 6.45. The van der Waals surface area contributed by atoms with E-state index in [1.54, 1.807) is 18.2 Å². The van der Waals surface area contributed by atoms with Crippen molar-refractivity contribution in [1.29, 1.82) is 0 Å². The van der Waals surface area contributed by atoms with E-state index in [1.807, 2.05) is 0 Å². The molecule has 0 aliphatic heterocycles. The molecule has 5 nitrogen and oxygen atoms in total. The summed E-state index contributed by atoms with van der Waals surface area (Å²) < 4.78 is 36.7. The molecule has 7 heteroatoms. The van der Waals surface area contributed by atoms with Gasteiger partial charge in [-0.3, -0.25) is 4.79 Å². The molecule has 0 spiro atoms. The van der Waals surface area contributed by atoms with Crippen molar-refractivity contribution in [2.75, 3.05) is 20.3 Å². The second kappa shape index (κ2) is 8.77. The molecule has 0 aromatic heterocycles. The van der Waals surface area contributed by atoms with Gasteiger partial charge in [0.05, 0.1) is 12.7 Å². The van der Waals surface area contributed by atoms with E-state index in [9.17, 15) is 18.4 Å². The number of hydrogen-bond donors (Lipinski definition) is 1. The molecule has 2 aromatic carbocycles. The van der Waals surface area contributed by atoms with Crippen LogP contribution in [0.15, 0.2) is 42.5 Å². The van der Waals surface area contributed by atoms with Crippen molar-refractivity contribution in [1.82, 2.24) is 5.32 Å². The highest BCUT2D eigenvalue weighted by Crippen LogP contribution is 2.16. The van der Waals surface area contributed by atoms with Crippen LogP contribution in [-0.2, 0) is 16.0 Å². The fourth-order valence-electron chi connectivity index (χ4n) is 2.09. The van der Waals surface area contributed by atoms with E-state index >= 15 is 0 Å². The standard InChI is InChI=1S/C18H17F2NO4/c1-24-13-6-7-14(16(20)10-13)18(23)25-11-17(22)21-9-8-12-4-2-3-5-15(12)19/h2-7,10H,8-9,11H2,1H3,(H,21,22). The van der Waals surface area contributed by atoms with Gasteiger partial charge in [-0.25, -0.2) is 13.6 Å². The zero-order valence-corrected chi connectivity index (χ0v) is 13.6. The maximum Gasteiger partial charge on any atom is 0.341 e. The third kappa shape index (κ3) is 5.27. The van der Waals surface area contributed by atoms with Gasteiger partial charge in [0, 0.05) is 12.6 Å². The first-order chi connectivity index (χ1) is 12.0. The summed E-state index contributed by atoms with van der Waals surface area (Å²) in [5.74, 6) is -2.40. The second-order valence-electron chi connectivity index (χ2n) is 5.11. The SMILES string of the molecule is COc1ccc(C(=O)OCC(=O)NCCc2ccccc2F)c(F)c1. The van der Waals surface area contributed by atoms with Crippen molar-refractivity contribution in [3.05, 3.63) is 65.2 Å². The Bertz CT molecular complexity index is 764. The molecule has 25 heavy (non-hydrogen) atoms. The van der Waals surface area contributed by atoms with Crippen LogP contribution in [0.2, 0.25) is 0 Å². The van der Waals surface area contributed by atoms with Crippen LogP contribution in [-0.4, -0.2) is 32.1 Å². The predicted octanol–water partition coefficient (Wildman–Crippen LogP) is 2.49. The first-order valence-electron chi connectivity index (χ1n) is 7.52. The normalized spacial score (nSPS) is 10.2. The van der Waals surface area contributed by atoms with Gasteiger partial charge in [-0.05, 0) is 30.2 Å². The molecule has 0 unspecified atom stereocenters. The lowest BCUT2D eigenvalue weighted by molar-refractivity contribution is -0.124. The smallest absolute Gasteiger partial charge is 0.341 e. The molecular formula is C18H17F2NO4. The van der Waals surface area contributed by atoms with Crippen molar-refractivity contribution in [2.24, 2.45) is 0 Å². The summed E-state index contributed by atoms with van der Waals surface area (Å²) in [6, 6.07) is 9.91. The summed E-state index contributed by atoms with van der Waals surface area (Å²) in [5, 5.41) is 2.50. The molecule has 0 fully saturated rings. The van der Waals surface area contributed by atoms with Gasteiger partial charge in [-0.15, -0.1) is 0 Å². The van der Waals surface area contributed by atoms with Crippen molar-refractivity contribution in [2.45, 2.75) is 6.42 Å². The van der Waals surface area contributed by atoms with Crippen LogP contribution in [0, 0.1) is 11.6 Å². The van der Waals surface area contributed by atoms with E-state index < -0.39 is 24.3 Å². The summed E-state index contributed by atoms with van der Waals surface area (Å²) >= 11 is 0. The Morgan fingerprint density at radius 3 is 2.52 bits per heavy atom. The number of esters is 1. The number of ether oxygens (including phenoxy) is 2. The second-order valence-corrected chi connectivity index (χ2v) is 5.11. The largest absolute Gasteiger partial charge is 0.497 e. The van der Waals surface area contributed by atoms with E-state index in [4.69, 9.17) is 9.47 Å². The van der Waals surface area contributed by atoms with Gasteiger partial charge < -0.3 is 14.8 Å². The van der Waals surface area contributed by atoms with E-state index in [1.165, 1.54) is 25.3 Å². The van der Waals surface area contributed by atoms with Gasteiger partial charge in [0.1, 0.15) is 17.4 Å². The third-order valence-corrected chi connectivity index (χ3v) is 3.40. The summed E-state index contributed by atoms with van der Waals surface area (Å²) in [7, 11) is 1.37. The van der Waals surface area contributed by atoms with Gasteiger partial charge in [0.15, 0.2) is 6.61 Å². The Hall–Kier alpha value is -2.96. The zero-order chi connectivity index (χ0) is 18.2. The van der Waals surface area contributed by atoms with E-state index in [-0.39, 0.29) is 23.7 Å². The summed E-state index contributed by atoms with van der Waals surface area (Å²) in [4.78, 5) is 23.4. The molecule has 0 bridgehead atoms. The fraction of sp³-hybridized carbons (Fsp3) is 0.222. The molecule has 0 saturated carbocycles. The summed E-state index contributed by atoms with van der Waals surface area (Å²) in [6.07, 6.45) is 0.305. The molecule has 2 aromatic rings. The molecule has 1 N–H and O–H groups in total. The monoisotopic (exact) mass is 349 g/mol. The minimum absolute atomic E-state index is 0.189. The number of carbonyl (C=O) groups excluding carboxylic acids is 2. The first kappa shape index (κ1) is 18.4. The van der Waals surface area contributed by atoms with Gasteiger partial charge >= 0.3 is 5.97 Å². The lowest BCUT2D eigenvalue weighted by Gasteiger charge is -2.08. The number of carbonyl (C=O) groups is 2. The first-order valence-corrected chi connectivity index (χ1v) is 7.52. The predicted molar refractivity (Wildman–Crippen MR) is 86.3 cm³/mol. The Morgan fingerprint density at radius 2 is 1.84 bits per heavy atom. The third-order valence-electron chi connectivity index (χ3n) is 3.40. The van der Waals surface area contributed by atoms with Crippen molar-refractivity contribution in [3.63, 3.8) is 0 Å². The Balaban J connectivity index is 1.78. The zero-order valence-electron chi connectivity index (χ0n) is 13.6. The number of methoxy groups -OCH3 is 1. The average molecular weight is 349 g/mol. The molecule has 0 saturated heterocycles. The lowest BCUT2D eigenvalue weighted by Crippen LogP contribution is -2.30. The number of nitrogens with one attached hydrogen (secondary N) is 1. The fourth-order valence-corrected chi connectivity index (χ4v) is 2.09. The maximum atomic E-state index is 13.7. The molecule has 0 aliphatic carbocycles. The molecular weight excluding hydrogens is 332 g/mol. The number of amides is 1. The van der Waals surface area contributed by atoms with Gasteiger partial charge in [0.2, 0.25) is 0 Å². The van der Waals surface area contributed by atoms with Gasteiger partial charge in [0.25, 0.3) is 5.91 Å². The maximum absolute atomic E-state index is 13.7. The Morgan fingerprint density at radius 1 is 1.08 bits per heavy atom. The van der Waals surface area contributed by atoms with E-state index in [0.717, 1.165) is 6.07 Å². The molecule has 132 valence electrons. The van der Waals surface area contributed by atoms with Crippen LogP contribution < -0.4 is 10.1 Å². The molecule has 0 heterocycles. The quantitative estimate of drug-likeness (QED) is 0.780.